The van der Waals surface area contributed by atoms with Crippen LogP contribution in [-0.2, 0) is 0 Å². The Kier molecular flexibility index (Phi) is 3.07. The first-order valence-electron chi connectivity index (χ1n) is 5.51. The van der Waals surface area contributed by atoms with Gasteiger partial charge in [-0.05, 0) is 22.4 Å². The van der Waals surface area contributed by atoms with Crippen LogP contribution in [0.25, 0.3) is 10.8 Å². The molecule has 2 atom stereocenters. The van der Waals surface area contributed by atoms with E-state index in [4.69, 9.17) is 0 Å². The summed E-state index contributed by atoms with van der Waals surface area (Å²) in [6, 6.07) is 14.2. The van der Waals surface area contributed by atoms with Crippen LogP contribution in [0.1, 0.15) is 18.6 Å². The van der Waals surface area contributed by atoms with Gasteiger partial charge in [0.1, 0.15) is 0 Å². The van der Waals surface area contributed by atoms with E-state index in [1.165, 1.54) is 5.39 Å². The lowest BCUT2D eigenvalue weighted by molar-refractivity contribution is 0.140. The summed E-state index contributed by atoms with van der Waals surface area (Å²) in [5.74, 6) is 0.0705. The molecule has 0 radical (unpaired) electrons. The van der Waals surface area contributed by atoms with Crippen molar-refractivity contribution < 1.29 is 5.11 Å². The van der Waals surface area contributed by atoms with Gasteiger partial charge in [-0.3, -0.25) is 0 Å². The Morgan fingerprint density at radius 3 is 2.50 bits per heavy atom. The molecule has 0 unspecified atom stereocenters. The van der Waals surface area contributed by atoms with Crippen LogP contribution in [0.15, 0.2) is 55.1 Å². The summed E-state index contributed by atoms with van der Waals surface area (Å²) in [7, 11) is 0. The minimum Gasteiger partial charge on any atom is -0.388 e. The first-order valence-corrected chi connectivity index (χ1v) is 5.51. The molecule has 16 heavy (non-hydrogen) atoms. The van der Waals surface area contributed by atoms with Crippen molar-refractivity contribution in [1.29, 1.82) is 0 Å². The second kappa shape index (κ2) is 4.50. The molecular weight excluding hydrogens is 196 g/mol. The molecule has 0 fully saturated rings. The van der Waals surface area contributed by atoms with Crippen molar-refractivity contribution in [2.75, 3.05) is 0 Å². The molecule has 0 aliphatic heterocycles. The Morgan fingerprint density at radius 1 is 1.12 bits per heavy atom. The maximum atomic E-state index is 10.1. The lowest BCUT2D eigenvalue weighted by atomic mass is 9.95. The maximum Gasteiger partial charge on any atom is 0.0850 e. The molecule has 2 aromatic rings. The van der Waals surface area contributed by atoms with Gasteiger partial charge in [0.25, 0.3) is 0 Å². The van der Waals surface area contributed by atoms with E-state index < -0.39 is 6.10 Å². The zero-order valence-electron chi connectivity index (χ0n) is 9.43. The van der Waals surface area contributed by atoms with E-state index in [1.54, 1.807) is 6.08 Å². The minimum absolute atomic E-state index is 0.0705. The molecule has 0 spiro atoms. The van der Waals surface area contributed by atoms with Gasteiger partial charge in [0.05, 0.1) is 6.10 Å². The van der Waals surface area contributed by atoms with E-state index >= 15 is 0 Å². The summed E-state index contributed by atoms with van der Waals surface area (Å²) in [4.78, 5) is 0. The summed E-state index contributed by atoms with van der Waals surface area (Å²) >= 11 is 0. The SMILES string of the molecule is C=C[C@@H](C)[C@@H](O)c1ccc2ccccc2c1. The molecule has 0 aliphatic rings. The summed E-state index contributed by atoms with van der Waals surface area (Å²) in [5.41, 5.74) is 0.950. The third kappa shape index (κ3) is 2.00. The number of rotatable bonds is 3. The van der Waals surface area contributed by atoms with Gasteiger partial charge in [0.15, 0.2) is 0 Å². The molecule has 0 saturated carbocycles. The summed E-state index contributed by atoms with van der Waals surface area (Å²) in [6.45, 7) is 5.67. The van der Waals surface area contributed by atoms with Gasteiger partial charge < -0.3 is 5.11 Å². The van der Waals surface area contributed by atoms with Gasteiger partial charge in [-0.1, -0.05) is 49.4 Å². The molecule has 1 heteroatoms. The first kappa shape index (κ1) is 10.9. The molecule has 0 aromatic heterocycles. The molecule has 1 N–H and O–H groups in total. The molecule has 0 saturated heterocycles. The van der Waals surface area contributed by atoms with Gasteiger partial charge in [-0.15, -0.1) is 6.58 Å². The van der Waals surface area contributed by atoms with Gasteiger partial charge in [-0.2, -0.15) is 0 Å². The topological polar surface area (TPSA) is 20.2 Å². The van der Waals surface area contributed by atoms with Crippen molar-refractivity contribution in [2.24, 2.45) is 5.92 Å². The van der Waals surface area contributed by atoms with Crippen molar-refractivity contribution in [3.63, 3.8) is 0 Å². The Balaban J connectivity index is 2.42. The van der Waals surface area contributed by atoms with E-state index in [9.17, 15) is 5.11 Å². The highest BCUT2D eigenvalue weighted by Crippen LogP contribution is 2.25. The molecule has 0 amide bonds. The minimum atomic E-state index is -0.470. The molecule has 2 aromatic carbocycles. The van der Waals surface area contributed by atoms with Gasteiger partial charge >= 0.3 is 0 Å². The van der Waals surface area contributed by atoms with E-state index in [2.05, 4.69) is 18.7 Å². The molecule has 0 aliphatic carbocycles. The van der Waals surface area contributed by atoms with Gasteiger partial charge in [0.2, 0.25) is 0 Å². The van der Waals surface area contributed by atoms with Crippen LogP contribution in [0.3, 0.4) is 0 Å². The fraction of sp³-hybridized carbons (Fsp3) is 0.200. The third-order valence-electron chi connectivity index (χ3n) is 2.98. The molecule has 1 nitrogen and oxygen atoms in total. The van der Waals surface area contributed by atoms with E-state index in [-0.39, 0.29) is 5.92 Å². The molecule has 82 valence electrons. The first-order chi connectivity index (χ1) is 7.72. The smallest absolute Gasteiger partial charge is 0.0850 e. The Bertz CT molecular complexity index is 502. The predicted molar refractivity (Wildman–Crippen MR) is 68.3 cm³/mol. The normalized spacial score (nSPS) is 14.6. The highest BCUT2D eigenvalue weighted by molar-refractivity contribution is 5.83. The quantitative estimate of drug-likeness (QED) is 0.769. The number of aliphatic hydroxyl groups excluding tert-OH is 1. The number of fused-ring (bicyclic) bond motifs is 1. The maximum absolute atomic E-state index is 10.1. The second-order valence-corrected chi connectivity index (χ2v) is 4.15. The number of hydrogen-bond acceptors (Lipinski definition) is 1. The molecule has 0 bridgehead atoms. The van der Waals surface area contributed by atoms with E-state index in [0.717, 1.165) is 10.9 Å². The average Bonchev–Trinajstić information content (AvgIpc) is 2.36. The van der Waals surface area contributed by atoms with Crippen molar-refractivity contribution in [3.8, 4) is 0 Å². The third-order valence-corrected chi connectivity index (χ3v) is 2.98. The zero-order valence-corrected chi connectivity index (χ0v) is 9.43. The lowest BCUT2D eigenvalue weighted by Gasteiger charge is -2.16. The van der Waals surface area contributed by atoms with Crippen LogP contribution < -0.4 is 0 Å². The standard InChI is InChI=1S/C15H16O/c1-3-11(2)15(16)14-9-8-12-6-4-5-7-13(12)10-14/h3-11,15-16H,1H2,2H3/t11-,15-/m1/s1. The number of aliphatic hydroxyl groups is 1. The van der Waals surface area contributed by atoms with Crippen molar-refractivity contribution in [3.05, 3.63) is 60.7 Å². The van der Waals surface area contributed by atoms with Crippen LogP contribution in [-0.4, -0.2) is 5.11 Å². The Labute approximate surface area is 96.0 Å². The van der Waals surface area contributed by atoms with Gasteiger partial charge in [0, 0.05) is 5.92 Å². The van der Waals surface area contributed by atoms with Crippen molar-refractivity contribution >= 4 is 10.8 Å². The van der Waals surface area contributed by atoms with Crippen molar-refractivity contribution in [1.82, 2.24) is 0 Å². The van der Waals surface area contributed by atoms with E-state index in [0.29, 0.717) is 0 Å². The average molecular weight is 212 g/mol. The largest absolute Gasteiger partial charge is 0.388 e. The van der Waals surface area contributed by atoms with Crippen LogP contribution in [0.5, 0.6) is 0 Å². The van der Waals surface area contributed by atoms with Crippen LogP contribution in [0, 0.1) is 5.92 Å². The Hall–Kier alpha value is -1.60. The second-order valence-electron chi connectivity index (χ2n) is 4.15. The summed E-state index contributed by atoms with van der Waals surface area (Å²) in [5, 5.41) is 12.4. The molecular formula is C15H16O. The van der Waals surface area contributed by atoms with Crippen molar-refractivity contribution in [2.45, 2.75) is 13.0 Å². The van der Waals surface area contributed by atoms with Crippen LogP contribution >= 0.6 is 0 Å². The summed E-state index contributed by atoms with van der Waals surface area (Å²) < 4.78 is 0. The fourth-order valence-corrected chi connectivity index (χ4v) is 1.82. The predicted octanol–water partition coefficient (Wildman–Crippen LogP) is 3.70. The van der Waals surface area contributed by atoms with Crippen LogP contribution in [0.2, 0.25) is 0 Å². The fourth-order valence-electron chi connectivity index (χ4n) is 1.82. The highest BCUT2D eigenvalue weighted by atomic mass is 16.3. The summed E-state index contributed by atoms with van der Waals surface area (Å²) in [6.07, 6.45) is 1.31. The van der Waals surface area contributed by atoms with Crippen LogP contribution in [0.4, 0.5) is 0 Å². The zero-order chi connectivity index (χ0) is 11.5. The highest BCUT2D eigenvalue weighted by Gasteiger charge is 2.13. The molecule has 2 rings (SSSR count). The Morgan fingerprint density at radius 2 is 1.81 bits per heavy atom. The monoisotopic (exact) mass is 212 g/mol. The van der Waals surface area contributed by atoms with E-state index in [1.807, 2.05) is 37.3 Å². The van der Waals surface area contributed by atoms with Gasteiger partial charge in [-0.25, -0.2) is 0 Å². The number of benzene rings is 2. The lowest BCUT2D eigenvalue weighted by Crippen LogP contribution is -2.06. The molecule has 0 heterocycles. The number of hydrogen-bond donors (Lipinski definition) is 1.